The van der Waals surface area contributed by atoms with Crippen LogP contribution in [-0.4, -0.2) is 39.8 Å². The Kier molecular flexibility index (Phi) is 7.95. The van der Waals surface area contributed by atoms with Crippen molar-refractivity contribution in [2.45, 2.75) is 32.0 Å². The maximum Gasteiger partial charge on any atom is 0.490 e. The first-order valence-corrected chi connectivity index (χ1v) is 10.6. The van der Waals surface area contributed by atoms with Crippen molar-refractivity contribution in [3.8, 4) is 11.4 Å². The zero-order valence-electron chi connectivity index (χ0n) is 19.0. The van der Waals surface area contributed by atoms with Crippen molar-refractivity contribution in [3.63, 3.8) is 0 Å². The molecule has 1 heterocycles. The summed E-state index contributed by atoms with van der Waals surface area (Å²) in [5.41, 5.74) is 5.31. The third-order valence-electron chi connectivity index (χ3n) is 5.31. The number of nitrogens with zero attached hydrogens (tertiary/aromatic N) is 2. The number of fused-ring (bicyclic) bond motifs is 1. The maximum atomic E-state index is 12.4. The lowest BCUT2D eigenvalue weighted by Crippen LogP contribution is -2.25. The molecule has 1 aliphatic rings. The van der Waals surface area contributed by atoms with Gasteiger partial charge in [0.05, 0.1) is 30.9 Å². The maximum absolute atomic E-state index is 12.4. The van der Waals surface area contributed by atoms with Crippen LogP contribution in [0.4, 0.5) is 13.2 Å². The van der Waals surface area contributed by atoms with Gasteiger partial charge in [-0.15, -0.1) is 0 Å². The van der Waals surface area contributed by atoms with Crippen molar-refractivity contribution in [3.05, 3.63) is 83.4 Å². The summed E-state index contributed by atoms with van der Waals surface area (Å²) in [6, 6.07) is 14.2. The Hall–Kier alpha value is -4.08. The number of alkyl halides is 3. The van der Waals surface area contributed by atoms with Crippen molar-refractivity contribution in [2.75, 3.05) is 7.11 Å². The number of halogens is 3. The number of hydrogen-bond donors (Lipinski definition) is 2. The summed E-state index contributed by atoms with van der Waals surface area (Å²) in [7, 11) is 1.64. The molecule has 1 atom stereocenters. The number of imidazole rings is 1. The first-order chi connectivity index (χ1) is 16.6. The summed E-state index contributed by atoms with van der Waals surface area (Å²) in [5.74, 6) is -2.12. The van der Waals surface area contributed by atoms with Crippen molar-refractivity contribution < 1.29 is 32.6 Å². The Morgan fingerprint density at radius 3 is 2.57 bits per heavy atom. The van der Waals surface area contributed by atoms with Crippen LogP contribution < -0.4 is 10.1 Å². The van der Waals surface area contributed by atoms with E-state index >= 15 is 0 Å². The van der Waals surface area contributed by atoms with E-state index in [9.17, 15) is 18.0 Å². The quantitative estimate of drug-likeness (QED) is 0.512. The number of aromatic nitrogens is 2. The van der Waals surface area contributed by atoms with Crippen molar-refractivity contribution >= 4 is 18.0 Å². The topological polar surface area (TPSA) is 93.5 Å². The van der Waals surface area contributed by atoms with Gasteiger partial charge in [0.15, 0.2) is 0 Å². The van der Waals surface area contributed by atoms with E-state index in [0.29, 0.717) is 0 Å². The predicted molar refractivity (Wildman–Crippen MR) is 123 cm³/mol. The number of benzene rings is 2. The van der Waals surface area contributed by atoms with Crippen molar-refractivity contribution in [1.29, 1.82) is 0 Å². The average molecular weight is 487 g/mol. The molecule has 1 aromatic heterocycles. The number of hydrogen-bond acceptors (Lipinski definition) is 4. The van der Waals surface area contributed by atoms with Gasteiger partial charge in [-0.3, -0.25) is 4.79 Å². The second kappa shape index (κ2) is 10.9. The molecule has 0 bridgehead atoms. The lowest BCUT2D eigenvalue weighted by molar-refractivity contribution is -0.192. The van der Waals surface area contributed by atoms with Crippen LogP contribution in [0.3, 0.4) is 0 Å². The predicted octanol–water partition coefficient (Wildman–Crippen LogP) is 4.64. The monoisotopic (exact) mass is 487 g/mol. The number of carboxylic acids is 1. The zero-order valence-corrected chi connectivity index (χ0v) is 19.0. The zero-order chi connectivity index (χ0) is 25.6. The summed E-state index contributed by atoms with van der Waals surface area (Å²) >= 11 is 0. The lowest BCUT2D eigenvalue weighted by Gasteiger charge is -2.12. The molecule has 10 heteroatoms. The fourth-order valence-electron chi connectivity index (χ4n) is 3.66. The van der Waals surface area contributed by atoms with Gasteiger partial charge in [-0.05, 0) is 54.7 Å². The van der Waals surface area contributed by atoms with Gasteiger partial charge in [-0.1, -0.05) is 30.3 Å². The molecule has 184 valence electrons. The molecule has 4 rings (SSSR count). The van der Waals surface area contributed by atoms with E-state index in [1.165, 1.54) is 11.1 Å². The Morgan fingerprint density at radius 1 is 1.23 bits per heavy atom. The smallest absolute Gasteiger partial charge is 0.490 e. The standard InChI is InChI=1S/C23H23N3O2.C2HF3O2/c1-16-14-26(15-24-16)21-11-7-17(13-22(21)28-2)8-12-23(27)25-20-10-9-18-5-3-4-6-19(18)20;3-2(4,5)1(6)7/h3-8,11-15,20H,9-10H2,1-2H3,(H,25,27);(H,6,7)/b12-8+;/t20-;/m0./s1. The molecule has 35 heavy (non-hydrogen) atoms. The van der Waals surface area contributed by atoms with Crippen LogP contribution in [0.5, 0.6) is 5.75 Å². The number of ether oxygens (including phenoxy) is 1. The number of aryl methyl sites for hydroxylation is 2. The largest absolute Gasteiger partial charge is 0.495 e. The molecule has 7 nitrogen and oxygen atoms in total. The van der Waals surface area contributed by atoms with Gasteiger partial charge < -0.3 is 19.7 Å². The van der Waals surface area contributed by atoms with E-state index in [0.717, 1.165) is 35.5 Å². The molecule has 3 aromatic rings. The summed E-state index contributed by atoms with van der Waals surface area (Å²) in [6.45, 7) is 1.95. The molecule has 0 aliphatic heterocycles. The highest BCUT2D eigenvalue weighted by Crippen LogP contribution is 2.30. The Bertz CT molecular complexity index is 1230. The summed E-state index contributed by atoms with van der Waals surface area (Å²) in [5, 5.41) is 10.2. The number of amides is 1. The van der Waals surface area contributed by atoms with E-state index in [2.05, 4.69) is 22.4 Å². The Morgan fingerprint density at radius 2 is 1.94 bits per heavy atom. The van der Waals surface area contributed by atoms with Crippen LogP contribution in [0, 0.1) is 6.92 Å². The highest BCUT2D eigenvalue weighted by Gasteiger charge is 2.38. The summed E-state index contributed by atoms with van der Waals surface area (Å²) < 4.78 is 39.2. The lowest BCUT2D eigenvalue weighted by atomic mass is 10.1. The van der Waals surface area contributed by atoms with Crippen molar-refractivity contribution in [1.82, 2.24) is 14.9 Å². The average Bonchev–Trinajstić information content (AvgIpc) is 3.43. The van der Waals surface area contributed by atoms with Crippen LogP contribution in [0.2, 0.25) is 0 Å². The van der Waals surface area contributed by atoms with Crippen LogP contribution in [0.15, 0.2) is 61.1 Å². The molecule has 1 amide bonds. The molecular formula is C25H24F3N3O4. The minimum Gasteiger partial charge on any atom is -0.495 e. The molecule has 0 unspecified atom stereocenters. The number of carbonyl (C=O) groups is 2. The summed E-state index contributed by atoms with van der Waals surface area (Å²) in [4.78, 5) is 25.5. The molecular weight excluding hydrogens is 463 g/mol. The number of nitrogens with one attached hydrogen (secondary N) is 1. The van der Waals surface area contributed by atoms with E-state index < -0.39 is 12.1 Å². The second-order valence-corrected chi connectivity index (χ2v) is 7.79. The normalized spacial score (nSPS) is 14.7. The Labute approximate surface area is 199 Å². The van der Waals surface area contributed by atoms with E-state index in [1.54, 1.807) is 19.5 Å². The second-order valence-electron chi connectivity index (χ2n) is 7.79. The van der Waals surface area contributed by atoms with E-state index in [-0.39, 0.29) is 11.9 Å². The molecule has 2 N–H and O–H groups in total. The fourth-order valence-corrected chi connectivity index (χ4v) is 3.66. The first kappa shape index (κ1) is 25.5. The van der Waals surface area contributed by atoms with Gasteiger partial charge >= 0.3 is 12.1 Å². The van der Waals surface area contributed by atoms with Gasteiger partial charge in [-0.2, -0.15) is 13.2 Å². The third-order valence-corrected chi connectivity index (χ3v) is 5.31. The molecule has 0 spiro atoms. The number of rotatable bonds is 5. The molecule has 0 saturated heterocycles. The van der Waals surface area contributed by atoms with Crippen LogP contribution in [0.25, 0.3) is 11.8 Å². The van der Waals surface area contributed by atoms with Gasteiger partial charge in [0.2, 0.25) is 5.91 Å². The minimum absolute atomic E-state index is 0.0880. The van der Waals surface area contributed by atoms with Crippen LogP contribution in [-0.2, 0) is 16.0 Å². The molecule has 1 aliphatic carbocycles. The van der Waals surface area contributed by atoms with Crippen molar-refractivity contribution in [2.24, 2.45) is 0 Å². The van der Waals surface area contributed by atoms with Gasteiger partial charge in [0.1, 0.15) is 5.75 Å². The number of carboxylic acid groups (broad SMARTS) is 1. The van der Waals surface area contributed by atoms with Gasteiger partial charge in [0.25, 0.3) is 0 Å². The van der Waals surface area contributed by atoms with Gasteiger partial charge in [-0.25, -0.2) is 9.78 Å². The first-order valence-electron chi connectivity index (χ1n) is 10.6. The molecule has 2 aromatic carbocycles. The van der Waals surface area contributed by atoms with E-state index in [4.69, 9.17) is 14.6 Å². The van der Waals surface area contributed by atoms with Crippen LogP contribution >= 0.6 is 0 Å². The third kappa shape index (κ3) is 6.72. The summed E-state index contributed by atoms with van der Waals surface area (Å²) in [6.07, 6.45) is 3.97. The Balaban J connectivity index is 0.000000429. The van der Waals surface area contributed by atoms with E-state index in [1.807, 2.05) is 54.1 Å². The number of carbonyl (C=O) groups excluding carboxylic acids is 1. The highest BCUT2D eigenvalue weighted by molar-refractivity contribution is 5.92. The SMILES string of the molecule is COc1cc(/C=C/C(=O)N[C@H]2CCc3ccccc32)ccc1-n1cnc(C)c1.O=C(O)C(F)(F)F. The molecule has 0 radical (unpaired) electrons. The fraction of sp³-hybridized carbons (Fsp3) is 0.240. The molecule has 0 fully saturated rings. The highest BCUT2D eigenvalue weighted by atomic mass is 19.4. The molecule has 0 saturated carbocycles. The van der Waals surface area contributed by atoms with Gasteiger partial charge in [0, 0.05) is 12.3 Å². The number of methoxy groups -OCH3 is 1. The van der Waals surface area contributed by atoms with Crippen LogP contribution in [0.1, 0.15) is 34.8 Å². The minimum atomic E-state index is -5.08. The number of aliphatic carboxylic acids is 1.